The van der Waals surface area contributed by atoms with Crippen molar-refractivity contribution < 1.29 is 4.74 Å². The molecule has 104 valence electrons. The zero-order valence-corrected chi connectivity index (χ0v) is 14.4. The van der Waals surface area contributed by atoms with Gasteiger partial charge < -0.3 is 10.1 Å². The van der Waals surface area contributed by atoms with Crippen molar-refractivity contribution in [3.8, 4) is 9.88 Å². The summed E-state index contributed by atoms with van der Waals surface area (Å²) in [7, 11) is 1.71. The molecule has 0 saturated carbocycles. The van der Waals surface area contributed by atoms with E-state index in [2.05, 4.69) is 46.5 Å². The van der Waals surface area contributed by atoms with E-state index >= 15 is 0 Å². The number of nitrogens with one attached hydrogen (secondary N) is 1. The molecule has 19 heavy (non-hydrogen) atoms. The summed E-state index contributed by atoms with van der Waals surface area (Å²) in [5, 5.41) is 6.59. The Bertz CT molecular complexity index is 536. The van der Waals surface area contributed by atoms with Crippen LogP contribution in [0.3, 0.4) is 0 Å². The van der Waals surface area contributed by atoms with Crippen LogP contribution >= 0.6 is 38.6 Å². The number of methoxy groups -OCH3 is 1. The maximum Gasteiger partial charge on any atom is 0.134 e. The number of halogens is 1. The molecule has 0 radical (unpaired) electrons. The Morgan fingerprint density at radius 3 is 2.84 bits per heavy atom. The molecule has 0 spiro atoms. The normalized spacial score (nSPS) is 11.4. The first-order valence-corrected chi connectivity index (χ1v) is 8.54. The Kier molecular flexibility index (Phi) is 5.53. The molecule has 0 aliphatic rings. The molecule has 0 unspecified atom stereocenters. The van der Waals surface area contributed by atoms with Gasteiger partial charge >= 0.3 is 0 Å². The molecular weight excluding hydrogens is 344 g/mol. The van der Waals surface area contributed by atoms with E-state index in [9.17, 15) is 0 Å². The number of thiazole rings is 1. The molecular formula is C13H17BrN2OS2. The third-order valence-electron chi connectivity index (χ3n) is 2.51. The van der Waals surface area contributed by atoms with E-state index in [0.29, 0.717) is 12.6 Å². The summed E-state index contributed by atoms with van der Waals surface area (Å²) in [5.74, 6) is 0. The molecule has 6 heteroatoms. The van der Waals surface area contributed by atoms with Crippen LogP contribution in [-0.4, -0.2) is 18.1 Å². The quantitative estimate of drug-likeness (QED) is 0.834. The van der Waals surface area contributed by atoms with Gasteiger partial charge in [-0.2, -0.15) is 0 Å². The van der Waals surface area contributed by atoms with Gasteiger partial charge in [-0.05, 0) is 22.0 Å². The lowest BCUT2D eigenvalue weighted by molar-refractivity contribution is 0.181. The minimum Gasteiger partial charge on any atom is -0.378 e. The van der Waals surface area contributed by atoms with Gasteiger partial charge in [0, 0.05) is 34.4 Å². The molecule has 0 atom stereocenters. The van der Waals surface area contributed by atoms with Crippen LogP contribution in [0.4, 0.5) is 0 Å². The SMILES string of the molecule is COCc1nc(-c2cc(Br)cs2)sc1CNC(C)C. The second-order valence-corrected chi connectivity index (χ2v) is 7.40. The van der Waals surface area contributed by atoms with Crippen molar-refractivity contribution in [1.82, 2.24) is 10.3 Å². The van der Waals surface area contributed by atoms with Crippen molar-refractivity contribution in [2.75, 3.05) is 7.11 Å². The van der Waals surface area contributed by atoms with E-state index in [1.807, 2.05) is 0 Å². The molecule has 0 amide bonds. The standard InChI is InChI=1S/C13H17BrN2OS2/c1-8(2)15-5-12-10(6-17-3)16-13(19-12)11-4-9(14)7-18-11/h4,7-8,15H,5-6H2,1-3H3. The van der Waals surface area contributed by atoms with Gasteiger partial charge in [0.05, 0.1) is 17.2 Å². The van der Waals surface area contributed by atoms with Crippen LogP contribution in [0.2, 0.25) is 0 Å². The van der Waals surface area contributed by atoms with Crippen LogP contribution in [0, 0.1) is 0 Å². The fourth-order valence-corrected chi connectivity index (χ4v) is 4.10. The second-order valence-electron chi connectivity index (χ2n) is 4.49. The Hall–Kier alpha value is -0.270. The first-order valence-electron chi connectivity index (χ1n) is 6.05. The second kappa shape index (κ2) is 6.95. The molecule has 3 nitrogen and oxygen atoms in total. The Labute approximate surface area is 130 Å². The fourth-order valence-electron chi connectivity index (χ4n) is 1.60. The summed E-state index contributed by atoms with van der Waals surface area (Å²) in [6, 6.07) is 2.58. The van der Waals surface area contributed by atoms with Crippen LogP contribution in [0.5, 0.6) is 0 Å². The van der Waals surface area contributed by atoms with E-state index in [4.69, 9.17) is 9.72 Å². The Morgan fingerprint density at radius 1 is 1.47 bits per heavy atom. The third kappa shape index (κ3) is 4.10. The van der Waals surface area contributed by atoms with E-state index in [0.717, 1.165) is 21.7 Å². The summed E-state index contributed by atoms with van der Waals surface area (Å²) < 4.78 is 6.35. The van der Waals surface area contributed by atoms with Gasteiger partial charge in [0.1, 0.15) is 5.01 Å². The van der Waals surface area contributed by atoms with E-state index in [1.165, 1.54) is 9.75 Å². The van der Waals surface area contributed by atoms with E-state index in [-0.39, 0.29) is 0 Å². The van der Waals surface area contributed by atoms with Crippen molar-refractivity contribution in [2.24, 2.45) is 0 Å². The molecule has 0 saturated heterocycles. The zero-order valence-electron chi connectivity index (χ0n) is 11.2. The molecule has 1 N–H and O–H groups in total. The smallest absolute Gasteiger partial charge is 0.134 e. The highest BCUT2D eigenvalue weighted by Crippen LogP contribution is 2.34. The van der Waals surface area contributed by atoms with Gasteiger partial charge in [0.15, 0.2) is 0 Å². The largest absolute Gasteiger partial charge is 0.378 e. The Balaban J connectivity index is 2.23. The lowest BCUT2D eigenvalue weighted by Gasteiger charge is -2.07. The predicted octanol–water partition coefficient (Wildman–Crippen LogP) is 4.28. The van der Waals surface area contributed by atoms with Gasteiger partial charge in [-0.15, -0.1) is 22.7 Å². The maximum atomic E-state index is 5.24. The average molecular weight is 361 g/mol. The van der Waals surface area contributed by atoms with Gasteiger partial charge in [-0.1, -0.05) is 13.8 Å². The predicted molar refractivity (Wildman–Crippen MR) is 85.8 cm³/mol. The molecule has 0 aliphatic heterocycles. The van der Waals surface area contributed by atoms with Gasteiger partial charge in [0.25, 0.3) is 0 Å². The first-order chi connectivity index (χ1) is 9.10. The minimum absolute atomic E-state index is 0.469. The molecule has 0 aliphatic carbocycles. The number of nitrogens with zero attached hydrogens (tertiary/aromatic N) is 1. The van der Waals surface area contributed by atoms with Crippen molar-refractivity contribution in [1.29, 1.82) is 0 Å². The lowest BCUT2D eigenvalue weighted by atomic mass is 10.3. The number of ether oxygens (including phenoxy) is 1. The molecule has 0 aromatic carbocycles. The molecule has 0 fully saturated rings. The van der Waals surface area contributed by atoms with Crippen LogP contribution in [-0.2, 0) is 17.9 Å². The molecule has 2 aromatic heterocycles. The molecule has 2 heterocycles. The van der Waals surface area contributed by atoms with Crippen LogP contribution in [0.25, 0.3) is 9.88 Å². The van der Waals surface area contributed by atoms with Crippen molar-refractivity contribution in [3.63, 3.8) is 0 Å². The van der Waals surface area contributed by atoms with Gasteiger partial charge in [-0.25, -0.2) is 4.98 Å². The number of rotatable bonds is 6. The van der Waals surface area contributed by atoms with Crippen LogP contribution < -0.4 is 5.32 Å². The minimum atomic E-state index is 0.469. The average Bonchev–Trinajstić information content (AvgIpc) is 2.94. The van der Waals surface area contributed by atoms with Crippen molar-refractivity contribution in [3.05, 3.63) is 26.5 Å². The summed E-state index contributed by atoms with van der Waals surface area (Å²) in [6.07, 6.45) is 0. The van der Waals surface area contributed by atoms with Gasteiger partial charge in [-0.3, -0.25) is 0 Å². The highest BCUT2D eigenvalue weighted by atomic mass is 79.9. The fraction of sp³-hybridized carbons (Fsp3) is 0.462. The topological polar surface area (TPSA) is 34.1 Å². The van der Waals surface area contributed by atoms with E-state index < -0.39 is 0 Å². The Morgan fingerprint density at radius 2 is 2.26 bits per heavy atom. The molecule has 2 aromatic rings. The summed E-state index contributed by atoms with van der Waals surface area (Å²) in [4.78, 5) is 7.16. The molecule has 2 rings (SSSR count). The molecule has 0 bridgehead atoms. The number of hydrogen-bond acceptors (Lipinski definition) is 5. The van der Waals surface area contributed by atoms with Crippen molar-refractivity contribution >= 4 is 38.6 Å². The highest BCUT2D eigenvalue weighted by Gasteiger charge is 2.14. The first kappa shape index (κ1) is 15.1. The van der Waals surface area contributed by atoms with Crippen LogP contribution in [0.15, 0.2) is 15.9 Å². The van der Waals surface area contributed by atoms with Crippen molar-refractivity contribution in [2.45, 2.75) is 33.0 Å². The van der Waals surface area contributed by atoms with E-state index in [1.54, 1.807) is 29.8 Å². The summed E-state index contributed by atoms with van der Waals surface area (Å²) in [5.41, 5.74) is 1.04. The highest BCUT2D eigenvalue weighted by molar-refractivity contribution is 9.10. The third-order valence-corrected chi connectivity index (χ3v) is 5.47. The summed E-state index contributed by atoms with van der Waals surface area (Å²) in [6.45, 7) is 5.71. The van der Waals surface area contributed by atoms with Crippen LogP contribution in [0.1, 0.15) is 24.4 Å². The monoisotopic (exact) mass is 360 g/mol. The zero-order chi connectivity index (χ0) is 13.8. The number of aromatic nitrogens is 1. The number of hydrogen-bond donors (Lipinski definition) is 1. The maximum absolute atomic E-state index is 5.24. The lowest BCUT2D eigenvalue weighted by Crippen LogP contribution is -2.21. The summed E-state index contributed by atoms with van der Waals surface area (Å²) >= 11 is 6.94. The number of thiophene rings is 1. The van der Waals surface area contributed by atoms with Gasteiger partial charge in [0.2, 0.25) is 0 Å².